The molecule has 0 unspecified atom stereocenters. The quantitative estimate of drug-likeness (QED) is 0.793. The van der Waals surface area contributed by atoms with Crippen molar-refractivity contribution in [3.63, 3.8) is 0 Å². The van der Waals surface area contributed by atoms with Crippen LogP contribution in [0.4, 0.5) is 13.2 Å². The van der Waals surface area contributed by atoms with Crippen LogP contribution in [0.1, 0.15) is 18.4 Å². The third-order valence-electron chi connectivity index (χ3n) is 2.75. The number of hydrogen-bond donors (Lipinski definition) is 1. The Hall–Kier alpha value is -1.70. The molecule has 1 amide bonds. The number of rotatable bonds is 8. The minimum atomic E-state index is -4.46. The van der Waals surface area contributed by atoms with Crippen LogP contribution in [0.2, 0.25) is 0 Å². The predicted octanol–water partition coefficient (Wildman–Crippen LogP) is 3.13. The molecule has 0 fully saturated rings. The van der Waals surface area contributed by atoms with Crippen LogP contribution in [-0.2, 0) is 16.1 Å². The van der Waals surface area contributed by atoms with E-state index >= 15 is 0 Å². The Labute approximate surface area is 130 Å². The van der Waals surface area contributed by atoms with Crippen LogP contribution in [0.3, 0.4) is 0 Å². The van der Waals surface area contributed by atoms with E-state index in [4.69, 9.17) is 5.11 Å². The lowest BCUT2D eigenvalue weighted by atomic mass is 10.2. The zero-order valence-electron chi connectivity index (χ0n) is 11.7. The number of carboxylic acids is 1. The zero-order chi connectivity index (χ0) is 16.6. The third-order valence-corrected chi connectivity index (χ3v) is 3.47. The van der Waals surface area contributed by atoms with Crippen molar-refractivity contribution in [2.24, 2.45) is 0 Å². The molecule has 1 aromatic rings. The van der Waals surface area contributed by atoms with E-state index < -0.39 is 23.1 Å². The molecule has 0 aliphatic rings. The topological polar surface area (TPSA) is 57.6 Å². The van der Waals surface area contributed by atoms with Crippen molar-refractivity contribution >= 4 is 23.6 Å². The van der Waals surface area contributed by atoms with Crippen LogP contribution in [0.25, 0.3) is 0 Å². The van der Waals surface area contributed by atoms with Gasteiger partial charge in [-0.3, -0.25) is 9.59 Å². The molecule has 0 radical (unpaired) electrons. The SMILES string of the molecule is O=C(O)CCCN(Cc1ccccc1)C(=O)CSC(F)(F)F. The van der Waals surface area contributed by atoms with Crippen LogP contribution in [0.15, 0.2) is 30.3 Å². The summed E-state index contributed by atoms with van der Waals surface area (Å²) >= 11 is -0.387. The van der Waals surface area contributed by atoms with E-state index in [2.05, 4.69) is 0 Å². The minimum Gasteiger partial charge on any atom is -0.481 e. The van der Waals surface area contributed by atoms with Crippen LogP contribution in [0, 0.1) is 0 Å². The normalized spacial score (nSPS) is 11.2. The first-order chi connectivity index (χ1) is 10.3. The van der Waals surface area contributed by atoms with Crippen molar-refractivity contribution in [3.8, 4) is 0 Å². The molecule has 4 nitrogen and oxygen atoms in total. The number of amides is 1. The maximum Gasteiger partial charge on any atom is 0.442 e. The number of nitrogens with zero attached hydrogens (tertiary/aromatic N) is 1. The fourth-order valence-electron chi connectivity index (χ4n) is 1.75. The molecule has 0 aliphatic heterocycles. The first-order valence-corrected chi connectivity index (χ1v) is 7.50. The highest BCUT2D eigenvalue weighted by molar-refractivity contribution is 8.00. The van der Waals surface area contributed by atoms with Crippen molar-refractivity contribution in [1.29, 1.82) is 0 Å². The highest BCUT2D eigenvalue weighted by Crippen LogP contribution is 2.30. The van der Waals surface area contributed by atoms with Gasteiger partial charge in [-0.1, -0.05) is 30.3 Å². The molecule has 8 heteroatoms. The number of halogens is 3. The fraction of sp³-hybridized carbons (Fsp3) is 0.429. The van der Waals surface area contributed by atoms with Gasteiger partial charge >= 0.3 is 11.5 Å². The monoisotopic (exact) mass is 335 g/mol. The lowest BCUT2D eigenvalue weighted by Gasteiger charge is -2.23. The first kappa shape index (κ1) is 18.3. The van der Waals surface area contributed by atoms with E-state index in [1.54, 1.807) is 30.3 Å². The molecule has 0 heterocycles. The van der Waals surface area contributed by atoms with E-state index in [-0.39, 0.29) is 37.7 Å². The second kappa shape index (κ2) is 8.67. The summed E-state index contributed by atoms with van der Waals surface area (Å²) in [6.07, 6.45) is 0.0651. The highest BCUT2D eigenvalue weighted by Gasteiger charge is 2.30. The first-order valence-electron chi connectivity index (χ1n) is 6.52. The van der Waals surface area contributed by atoms with Gasteiger partial charge in [0, 0.05) is 19.5 Å². The van der Waals surface area contributed by atoms with Gasteiger partial charge in [0.15, 0.2) is 0 Å². The van der Waals surface area contributed by atoms with E-state index in [0.29, 0.717) is 0 Å². The van der Waals surface area contributed by atoms with Gasteiger partial charge < -0.3 is 10.0 Å². The van der Waals surface area contributed by atoms with Crippen LogP contribution < -0.4 is 0 Å². The van der Waals surface area contributed by atoms with Crippen LogP contribution in [-0.4, -0.2) is 39.7 Å². The number of thioether (sulfide) groups is 1. The van der Waals surface area contributed by atoms with Gasteiger partial charge in [-0.05, 0) is 23.7 Å². The molecule has 1 rings (SSSR count). The average Bonchev–Trinajstić information content (AvgIpc) is 2.43. The Morgan fingerprint density at radius 2 is 1.82 bits per heavy atom. The number of carbonyl (C=O) groups is 2. The summed E-state index contributed by atoms with van der Waals surface area (Å²) in [5.74, 6) is -2.36. The standard InChI is InChI=1S/C14H16F3NO3S/c15-14(16,17)22-10-12(19)18(8-4-7-13(20)21)9-11-5-2-1-3-6-11/h1-3,5-6H,4,7-10H2,(H,20,21). The predicted molar refractivity (Wildman–Crippen MR) is 77.2 cm³/mol. The van der Waals surface area contributed by atoms with E-state index in [1.807, 2.05) is 0 Å². The molecular weight excluding hydrogens is 319 g/mol. The molecule has 122 valence electrons. The van der Waals surface area contributed by atoms with Crippen molar-refractivity contribution in [2.45, 2.75) is 24.9 Å². The van der Waals surface area contributed by atoms with Gasteiger partial charge in [-0.15, -0.1) is 0 Å². The maximum absolute atomic E-state index is 12.2. The number of aliphatic carboxylic acids is 1. The van der Waals surface area contributed by atoms with Crippen LogP contribution >= 0.6 is 11.8 Å². The summed E-state index contributed by atoms with van der Waals surface area (Å²) in [6.45, 7) is 0.274. The van der Waals surface area contributed by atoms with E-state index in [9.17, 15) is 22.8 Å². The summed E-state index contributed by atoms with van der Waals surface area (Å²) in [6, 6.07) is 8.84. The molecule has 0 aromatic heterocycles. The van der Waals surface area contributed by atoms with E-state index in [1.165, 1.54) is 4.90 Å². The van der Waals surface area contributed by atoms with Gasteiger partial charge in [0.2, 0.25) is 5.91 Å². The van der Waals surface area contributed by atoms with Crippen LogP contribution in [0.5, 0.6) is 0 Å². The Morgan fingerprint density at radius 1 is 1.18 bits per heavy atom. The Kier molecular flexibility index (Phi) is 7.23. The molecule has 1 N–H and O–H groups in total. The van der Waals surface area contributed by atoms with Gasteiger partial charge in [0.05, 0.1) is 5.75 Å². The summed E-state index contributed by atoms with van der Waals surface area (Å²) < 4.78 is 36.5. The summed E-state index contributed by atoms with van der Waals surface area (Å²) in [5, 5.41) is 8.61. The fourth-order valence-corrected chi connectivity index (χ4v) is 2.22. The molecule has 0 spiro atoms. The van der Waals surface area contributed by atoms with Crippen molar-refractivity contribution in [1.82, 2.24) is 4.90 Å². The molecule has 0 atom stereocenters. The molecule has 22 heavy (non-hydrogen) atoms. The molecule has 0 saturated carbocycles. The maximum atomic E-state index is 12.2. The molecule has 1 aromatic carbocycles. The largest absolute Gasteiger partial charge is 0.481 e. The van der Waals surface area contributed by atoms with Crippen molar-refractivity contribution in [2.75, 3.05) is 12.3 Å². The average molecular weight is 335 g/mol. The molecule has 0 aliphatic carbocycles. The van der Waals surface area contributed by atoms with Gasteiger partial charge in [-0.25, -0.2) is 0 Å². The molecular formula is C14H16F3NO3S. The van der Waals surface area contributed by atoms with Gasteiger partial charge in [0.1, 0.15) is 0 Å². The van der Waals surface area contributed by atoms with E-state index in [0.717, 1.165) is 5.56 Å². The summed E-state index contributed by atoms with van der Waals surface area (Å²) in [5.41, 5.74) is -3.68. The minimum absolute atomic E-state index is 0.110. The van der Waals surface area contributed by atoms with Gasteiger partial charge in [0.25, 0.3) is 0 Å². The number of benzene rings is 1. The number of hydrogen-bond acceptors (Lipinski definition) is 3. The Bertz CT molecular complexity index is 494. The third kappa shape index (κ3) is 7.92. The smallest absolute Gasteiger partial charge is 0.442 e. The lowest BCUT2D eigenvalue weighted by molar-refractivity contribution is -0.138. The number of carboxylic acid groups (broad SMARTS) is 1. The lowest BCUT2D eigenvalue weighted by Crippen LogP contribution is -2.33. The second-order valence-electron chi connectivity index (χ2n) is 4.53. The number of alkyl halides is 3. The van der Waals surface area contributed by atoms with Gasteiger partial charge in [-0.2, -0.15) is 13.2 Å². The number of carbonyl (C=O) groups excluding carboxylic acids is 1. The van der Waals surface area contributed by atoms with Crippen molar-refractivity contribution in [3.05, 3.63) is 35.9 Å². The highest BCUT2D eigenvalue weighted by atomic mass is 32.2. The second-order valence-corrected chi connectivity index (χ2v) is 5.57. The molecule has 0 bridgehead atoms. The Morgan fingerprint density at radius 3 is 2.36 bits per heavy atom. The Balaban J connectivity index is 2.64. The summed E-state index contributed by atoms with van der Waals surface area (Å²) in [7, 11) is 0. The molecule has 0 saturated heterocycles. The summed E-state index contributed by atoms with van der Waals surface area (Å²) in [4.78, 5) is 23.7. The van der Waals surface area contributed by atoms with Crippen molar-refractivity contribution < 1.29 is 27.9 Å². The zero-order valence-corrected chi connectivity index (χ0v) is 12.5.